The Morgan fingerprint density at radius 2 is 2.15 bits per heavy atom. The summed E-state index contributed by atoms with van der Waals surface area (Å²) in [5, 5.41) is 31.7. The van der Waals surface area contributed by atoms with Gasteiger partial charge in [-0.15, -0.1) is 0 Å². The fourth-order valence-electron chi connectivity index (χ4n) is 2.23. The molecule has 2 fully saturated rings. The van der Waals surface area contributed by atoms with Crippen LogP contribution in [0.15, 0.2) is 17.1 Å². The first-order valence-corrected chi connectivity index (χ1v) is 6.58. The Kier molecular flexibility index (Phi) is 3.47. The van der Waals surface area contributed by atoms with Gasteiger partial charge >= 0.3 is 5.69 Å². The van der Waals surface area contributed by atoms with E-state index < -0.39 is 36.8 Å². The Morgan fingerprint density at radius 1 is 1.40 bits per heavy atom. The molecule has 1 aromatic heterocycles. The summed E-state index contributed by atoms with van der Waals surface area (Å²) in [6.07, 6.45) is -0.877. The van der Waals surface area contributed by atoms with Crippen molar-refractivity contribution >= 4 is 5.82 Å². The number of hydrogen-bond acceptors (Lipinski definition) is 7. The second kappa shape index (κ2) is 5.13. The number of nitrogens with one attached hydrogen (secondary N) is 1. The average Bonchev–Trinajstić information content (AvgIpc) is 3.19. The van der Waals surface area contributed by atoms with Gasteiger partial charge in [0.25, 0.3) is 0 Å². The molecular weight excluding hydrogens is 266 g/mol. The van der Waals surface area contributed by atoms with Gasteiger partial charge in [0.2, 0.25) is 0 Å². The minimum Gasteiger partial charge on any atom is -0.394 e. The van der Waals surface area contributed by atoms with Crippen LogP contribution in [-0.4, -0.2) is 55.8 Å². The molecule has 1 saturated carbocycles. The van der Waals surface area contributed by atoms with Gasteiger partial charge in [0, 0.05) is 12.2 Å². The van der Waals surface area contributed by atoms with E-state index in [1.807, 2.05) is 0 Å². The molecule has 2 heterocycles. The van der Waals surface area contributed by atoms with Crippen molar-refractivity contribution in [3.63, 3.8) is 0 Å². The lowest BCUT2D eigenvalue weighted by atomic mass is 10.1. The third-order valence-electron chi connectivity index (χ3n) is 3.55. The van der Waals surface area contributed by atoms with Crippen molar-refractivity contribution in [2.24, 2.45) is 0 Å². The van der Waals surface area contributed by atoms with Gasteiger partial charge < -0.3 is 25.4 Å². The Balaban J connectivity index is 1.81. The first-order valence-electron chi connectivity index (χ1n) is 6.58. The Morgan fingerprint density at radius 3 is 2.70 bits per heavy atom. The van der Waals surface area contributed by atoms with Crippen LogP contribution in [-0.2, 0) is 4.74 Å². The normalized spacial score (nSPS) is 33.4. The molecule has 1 aliphatic carbocycles. The number of aliphatic hydroxyl groups excluding tert-OH is 3. The first kappa shape index (κ1) is 13.5. The van der Waals surface area contributed by atoms with Crippen molar-refractivity contribution in [2.75, 3.05) is 11.9 Å². The predicted octanol–water partition coefficient (Wildman–Crippen LogP) is -1.57. The van der Waals surface area contributed by atoms with Gasteiger partial charge in [-0.25, -0.2) is 4.79 Å². The van der Waals surface area contributed by atoms with E-state index in [1.54, 1.807) is 6.07 Å². The second-order valence-corrected chi connectivity index (χ2v) is 5.15. The minimum atomic E-state index is -1.28. The van der Waals surface area contributed by atoms with Gasteiger partial charge in [0.05, 0.1) is 6.61 Å². The highest BCUT2D eigenvalue weighted by Gasteiger charge is 2.43. The summed E-state index contributed by atoms with van der Waals surface area (Å²) < 4.78 is 6.40. The van der Waals surface area contributed by atoms with E-state index in [0.29, 0.717) is 11.9 Å². The molecule has 8 nitrogen and oxygen atoms in total. The fourth-order valence-corrected chi connectivity index (χ4v) is 2.23. The predicted molar refractivity (Wildman–Crippen MR) is 68.2 cm³/mol. The summed E-state index contributed by atoms with van der Waals surface area (Å²) in [6.45, 7) is -0.432. The maximum atomic E-state index is 12.0. The lowest BCUT2D eigenvalue weighted by Crippen LogP contribution is -2.36. The smallest absolute Gasteiger partial charge is 0.351 e. The number of rotatable bonds is 4. The quantitative estimate of drug-likeness (QED) is 0.527. The largest absolute Gasteiger partial charge is 0.394 e. The zero-order chi connectivity index (χ0) is 14.3. The van der Waals surface area contributed by atoms with E-state index in [9.17, 15) is 15.0 Å². The molecule has 3 rings (SSSR count). The van der Waals surface area contributed by atoms with Gasteiger partial charge in [-0.2, -0.15) is 4.98 Å². The summed E-state index contributed by atoms with van der Waals surface area (Å²) in [6, 6.07) is 2.00. The zero-order valence-corrected chi connectivity index (χ0v) is 10.7. The molecule has 0 aromatic carbocycles. The molecule has 1 aliphatic heterocycles. The van der Waals surface area contributed by atoms with Crippen LogP contribution in [0.25, 0.3) is 0 Å². The van der Waals surface area contributed by atoms with Crippen molar-refractivity contribution in [1.82, 2.24) is 9.55 Å². The number of ether oxygens (including phenoxy) is 1. The van der Waals surface area contributed by atoms with E-state index in [0.717, 1.165) is 17.4 Å². The number of aromatic nitrogens is 2. The summed E-state index contributed by atoms with van der Waals surface area (Å²) in [7, 11) is 0. The molecule has 110 valence electrons. The molecule has 0 radical (unpaired) electrons. The Bertz CT molecular complexity index is 544. The molecule has 1 saturated heterocycles. The highest BCUT2D eigenvalue weighted by molar-refractivity contribution is 5.35. The lowest BCUT2D eigenvalue weighted by Gasteiger charge is -2.17. The molecule has 20 heavy (non-hydrogen) atoms. The molecule has 0 spiro atoms. The molecule has 0 bridgehead atoms. The lowest BCUT2D eigenvalue weighted by molar-refractivity contribution is -0.0549. The fraction of sp³-hybridized carbons (Fsp3) is 0.667. The monoisotopic (exact) mass is 283 g/mol. The van der Waals surface area contributed by atoms with Crippen molar-refractivity contribution in [1.29, 1.82) is 0 Å². The average molecular weight is 283 g/mol. The highest BCUT2D eigenvalue weighted by atomic mass is 16.6. The molecule has 4 atom stereocenters. The molecule has 2 aliphatic rings. The third kappa shape index (κ3) is 2.42. The number of hydrogen-bond donors (Lipinski definition) is 4. The van der Waals surface area contributed by atoms with Gasteiger partial charge in [-0.1, -0.05) is 0 Å². The third-order valence-corrected chi connectivity index (χ3v) is 3.55. The van der Waals surface area contributed by atoms with Crippen molar-refractivity contribution in [3.05, 3.63) is 22.7 Å². The zero-order valence-electron chi connectivity index (χ0n) is 10.7. The van der Waals surface area contributed by atoms with Crippen LogP contribution >= 0.6 is 0 Å². The Hall–Kier alpha value is -1.48. The minimum absolute atomic E-state index is 0.381. The first-order chi connectivity index (χ1) is 9.60. The van der Waals surface area contributed by atoms with E-state index in [2.05, 4.69) is 10.3 Å². The number of aliphatic hydroxyl groups is 3. The van der Waals surface area contributed by atoms with Crippen molar-refractivity contribution in [3.8, 4) is 0 Å². The maximum absolute atomic E-state index is 12.0. The standard InChI is InChI=1S/C12H17N3O5/c16-5-7-9(17)10(18)11(20-7)15-4-3-8(14-12(15)19)13-6-1-2-6/h3-4,6-7,9-11,16-18H,1-2,5H2,(H,13,14,19)/t7-,9+,10-,11+/m0/s1. The Labute approximate surface area is 114 Å². The van der Waals surface area contributed by atoms with E-state index >= 15 is 0 Å². The highest BCUT2D eigenvalue weighted by Crippen LogP contribution is 2.28. The van der Waals surface area contributed by atoms with Crippen LogP contribution in [0, 0.1) is 0 Å². The van der Waals surface area contributed by atoms with Crippen LogP contribution in [0.2, 0.25) is 0 Å². The number of anilines is 1. The summed E-state index contributed by atoms with van der Waals surface area (Å²) in [5.41, 5.74) is -0.578. The van der Waals surface area contributed by atoms with Crippen LogP contribution in [0.3, 0.4) is 0 Å². The second-order valence-electron chi connectivity index (χ2n) is 5.15. The van der Waals surface area contributed by atoms with Gasteiger partial charge in [0.1, 0.15) is 24.1 Å². The van der Waals surface area contributed by atoms with E-state index in [4.69, 9.17) is 9.84 Å². The van der Waals surface area contributed by atoms with E-state index in [1.165, 1.54) is 6.20 Å². The van der Waals surface area contributed by atoms with Crippen LogP contribution in [0.5, 0.6) is 0 Å². The van der Waals surface area contributed by atoms with Crippen LogP contribution in [0.1, 0.15) is 19.1 Å². The molecule has 0 unspecified atom stereocenters. The van der Waals surface area contributed by atoms with Crippen molar-refractivity contribution < 1.29 is 20.1 Å². The van der Waals surface area contributed by atoms with Crippen LogP contribution < -0.4 is 11.0 Å². The van der Waals surface area contributed by atoms with E-state index in [-0.39, 0.29) is 0 Å². The van der Waals surface area contributed by atoms with Gasteiger partial charge in [0.15, 0.2) is 6.23 Å². The molecule has 0 amide bonds. The molecule has 8 heteroatoms. The SMILES string of the molecule is O=c1nc(NC2CC2)ccn1[C@@H]1O[C@@H](CO)[C@@H](O)[C@@H]1O. The van der Waals surface area contributed by atoms with Gasteiger partial charge in [-0.05, 0) is 18.9 Å². The van der Waals surface area contributed by atoms with Gasteiger partial charge in [-0.3, -0.25) is 4.57 Å². The topological polar surface area (TPSA) is 117 Å². The summed E-state index contributed by atoms with van der Waals surface area (Å²) >= 11 is 0. The maximum Gasteiger partial charge on any atom is 0.351 e. The molecular formula is C12H17N3O5. The molecule has 4 N–H and O–H groups in total. The van der Waals surface area contributed by atoms with Crippen LogP contribution in [0.4, 0.5) is 5.82 Å². The summed E-state index contributed by atoms with van der Waals surface area (Å²) in [5.74, 6) is 0.487. The van der Waals surface area contributed by atoms with Crippen molar-refractivity contribution in [2.45, 2.75) is 43.4 Å². The molecule has 1 aromatic rings. The number of nitrogens with zero attached hydrogens (tertiary/aromatic N) is 2. The summed E-state index contributed by atoms with van der Waals surface area (Å²) in [4.78, 5) is 15.8.